The number of hydrazone groups is 1. The number of hydrogen-bond donors (Lipinski definition) is 2. The highest BCUT2D eigenvalue weighted by Gasteiger charge is 2.45. The lowest BCUT2D eigenvalue weighted by Gasteiger charge is -2.39. The highest BCUT2D eigenvalue weighted by Crippen LogP contribution is 2.35. The molecule has 0 amide bonds. The molecule has 0 radical (unpaired) electrons. The molecule has 3 aliphatic rings. The van der Waals surface area contributed by atoms with Crippen LogP contribution in [0.3, 0.4) is 0 Å². The summed E-state index contributed by atoms with van der Waals surface area (Å²) >= 11 is 3.44. The van der Waals surface area contributed by atoms with Crippen LogP contribution >= 0.6 is 23.5 Å². The molecular weight excluding hydrogens is 721 g/mol. The average molecular weight is 767 g/mol. The molecule has 0 aromatic carbocycles. The number of anilines is 2. The van der Waals surface area contributed by atoms with E-state index in [4.69, 9.17) is 0 Å². The van der Waals surface area contributed by atoms with Crippen LogP contribution in [0.25, 0.3) is 0 Å². The fourth-order valence-corrected chi connectivity index (χ4v) is 7.37. The summed E-state index contributed by atoms with van der Waals surface area (Å²) < 4.78 is 50.4. The van der Waals surface area contributed by atoms with Gasteiger partial charge in [0.25, 0.3) is 11.8 Å². The van der Waals surface area contributed by atoms with E-state index in [2.05, 4.69) is 54.4 Å². The average Bonchev–Trinajstić information content (AvgIpc) is 3.11. The molecule has 284 valence electrons. The van der Waals surface area contributed by atoms with Gasteiger partial charge in [-0.25, -0.2) is 27.5 Å². The van der Waals surface area contributed by atoms with Crippen molar-refractivity contribution in [2.45, 2.75) is 50.4 Å². The maximum atomic E-state index is 12.6. The Bertz CT molecular complexity index is 1450. The normalized spacial score (nSPS) is 20.4. The van der Waals surface area contributed by atoms with Gasteiger partial charge in [-0.05, 0) is 56.5 Å². The Labute approximate surface area is 310 Å². The van der Waals surface area contributed by atoms with Gasteiger partial charge in [-0.3, -0.25) is 10.4 Å². The van der Waals surface area contributed by atoms with Gasteiger partial charge in [0.15, 0.2) is 5.17 Å². The molecule has 3 fully saturated rings. The molecule has 1 aliphatic carbocycles. The first-order valence-corrected chi connectivity index (χ1v) is 18.6. The summed E-state index contributed by atoms with van der Waals surface area (Å²) in [6.07, 6.45) is 6.76. The molecule has 4 heterocycles. The summed E-state index contributed by atoms with van der Waals surface area (Å²) in [5.74, 6) is -1.11. The number of nitrogens with one attached hydrogen (secondary N) is 2. The van der Waals surface area contributed by atoms with Gasteiger partial charge in [0.05, 0.1) is 26.2 Å². The van der Waals surface area contributed by atoms with E-state index in [1.807, 2.05) is 7.05 Å². The first-order valence-electron chi connectivity index (χ1n) is 16.6. The molecule has 1 unspecified atom stereocenters. The highest BCUT2D eigenvalue weighted by molar-refractivity contribution is 8.14. The minimum Gasteiger partial charge on any atom is -0.344 e. The van der Waals surface area contributed by atoms with E-state index in [1.165, 1.54) is 29.1 Å². The molecule has 2 aliphatic heterocycles. The molecule has 5 rings (SSSR count). The summed E-state index contributed by atoms with van der Waals surface area (Å²) in [6, 6.07) is 10.2. The van der Waals surface area contributed by atoms with E-state index in [-0.39, 0.29) is 39.0 Å². The molecule has 18 heteroatoms. The zero-order valence-electron chi connectivity index (χ0n) is 29.4. The second-order valence-corrected chi connectivity index (χ2v) is 14.2. The fraction of sp³-hybridized carbons (Fsp3) is 0.529. The zero-order chi connectivity index (χ0) is 38.0. The van der Waals surface area contributed by atoms with Gasteiger partial charge in [0, 0.05) is 62.3 Å². The van der Waals surface area contributed by atoms with E-state index in [1.54, 1.807) is 67.0 Å². The van der Waals surface area contributed by atoms with Gasteiger partial charge in [-0.15, -0.1) is 5.10 Å². The van der Waals surface area contributed by atoms with Gasteiger partial charge in [-0.2, -0.15) is 10.2 Å². The Hall–Kier alpha value is -3.90. The SMILES string of the molecule is C=N/N=C(\SCNC)[C@H]1CCCC(CSC(=NC)NN=C)C1.O=CCc1cccc(N2CC(F)(F)C2)n1.O=CCc1cccc(N2CC(F)(F)C2)n1. The van der Waals surface area contributed by atoms with E-state index >= 15 is 0 Å². The first-order chi connectivity index (χ1) is 25.0. The van der Waals surface area contributed by atoms with Gasteiger partial charge >= 0.3 is 0 Å². The number of carbonyl (C=O) groups excluding carboxylic acids is 2. The van der Waals surface area contributed by atoms with Gasteiger partial charge in [-0.1, -0.05) is 42.1 Å². The van der Waals surface area contributed by atoms with Crippen molar-refractivity contribution in [3.8, 4) is 0 Å². The number of halogens is 4. The van der Waals surface area contributed by atoms with Crippen molar-refractivity contribution in [3.63, 3.8) is 0 Å². The number of pyridine rings is 2. The third-order valence-electron chi connectivity index (χ3n) is 8.01. The Morgan fingerprint density at radius 1 is 0.923 bits per heavy atom. The number of rotatable bonds is 13. The van der Waals surface area contributed by atoms with Crippen LogP contribution in [0.15, 0.2) is 56.7 Å². The van der Waals surface area contributed by atoms with Crippen LogP contribution in [0.2, 0.25) is 0 Å². The van der Waals surface area contributed by atoms with Crippen molar-refractivity contribution in [3.05, 3.63) is 47.8 Å². The van der Waals surface area contributed by atoms with Gasteiger partial charge in [0.1, 0.15) is 29.3 Å². The van der Waals surface area contributed by atoms with Crippen molar-refractivity contribution in [2.75, 3.05) is 61.7 Å². The van der Waals surface area contributed by atoms with E-state index in [0.29, 0.717) is 34.9 Å². The number of aldehydes is 2. The topological polar surface area (TPSA) is 140 Å². The van der Waals surface area contributed by atoms with Crippen LogP contribution in [-0.4, -0.2) is 110 Å². The third-order valence-corrected chi connectivity index (χ3v) is 10.3. The van der Waals surface area contributed by atoms with Crippen molar-refractivity contribution in [1.82, 2.24) is 20.7 Å². The lowest BCUT2D eigenvalue weighted by atomic mass is 9.83. The summed E-state index contributed by atoms with van der Waals surface area (Å²) in [5.41, 5.74) is 4.04. The molecule has 0 spiro atoms. The number of thioether (sulfide) groups is 2. The number of amidine groups is 1. The smallest absolute Gasteiger partial charge is 0.282 e. The number of hydrogen-bond acceptors (Lipinski definition) is 13. The summed E-state index contributed by atoms with van der Waals surface area (Å²) in [4.78, 5) is 35.9. The molecular formula is C34H46F4N10O2S2. The van der Waals surface area contributed by atoms with Crippen molar-refractivity contribution >= 4 is 71.4 Å². The van der Waals surface area contributed by atoms with Crippen LogP contribution in [0.5, 0.6) is 0 Å². The second-order valence-electron chi connectivity index (χ2n) is 12.2. The molecule has 52 heavy (non-hydrogen) atoms. The van der Waals surface area contributed by atoms with Gasteiger partial charge in [0.2, 0.25) is 0 Å². The molecule has 2 N–H and O–H groups in total. The zero-order valence-corrected chi connectivity index (χ0v) is 31.0. The van der Waals surface area contributed by atoms with Gasteiger partial charge < -0.3 is 24.7 Å². The lowest BCUT2D eigenvalue weighted by molar-refractivity contribution is -0.108. The summed E-state index contributed by atoms with van der Waals surface area (Å²) in [7, 11) is 3.71. The van der Waals surface area contributed by atoms with Crippen LogP contribution in [0, 0.1) is 11.8 Å². The van der Waals surface area contributed by atoms with Crippen LogP contribution in [0.4, 0.5) is 29.2 Å². The first kappa shape index (κ1) is 42.5. The summed E-state index contributed by atoms with van der Waals surface area (Å²) in [5, 5.41) is 16.7. The minimum absolute atomic E-state index is 0.220. The maximum absolute atomic E-state index is 12.6. The predicted molar refractivity (Wildman–Crippen MR) is 205 cm³/mol. The lowest BCUT2D eigenvalue weighted by Crippen LogP contribution is -2.56. The van der Waals surface area contributed by atoms with Crippen molar-refractivity contribution < 1.29 is 27.2 Å². The molecule has 2 saturated heterocycles. The molecule has 2 aromatic rings. The Balaban J connectivity index is 0.000000216. The number of alkyl halides is 4. The standard InChI is InChI=1S/C14H26N6S2.2C10H10F2N2O/c1-15-10-22-13(19-17-3)12-7-5-6-11(8-12)9-21-14(16-2)20-18-4;2*11-10(12)6-14(7-10)9-3-1-2-8(13-9)4-5-15/h11-12,15H,3-10H2,1-2H3,(H,16,20);2*1-3,5H,4,6-7H2/b19-13-;;/t11?,12-;;/m0../s1. The third kappa shape index (κ3) is 14.3. The van der Waals surface area contributed by atoms with Crippen molar-refractivity contribution in [2.24, 2.45) is 32.1 Å². The fourth-order valence-electron chi connectivity index (χ4n) is 5.55. The molecule has 2 aromatic heterocycles. The Morgan fingerprint density at radius 3 is 1.92 bits per heavy atom. The maximum Gasteiger partial charge on any atom is 0.282 e. The number of carbonyl (C=O) groups is 2. The summed E-state index contributed by atoms with van der Waals surface area (Å²) in [6.45, 7) is 5.78. The van der Waals surface area contributed by atoms with Crippen LogP contribution in [-0.2, 0) is 22.4 Å². The van der Waals surface area contributed by atoms with Crippen LogP contribution in [0.1, 0.15) is 37.1 Å². The van der Waals surface area contributed by atoms with Crippen LogP contribution < -0.4 is 20.5 Å². The molecule has 12 nitrogen and oxygen atoms in total. The monoisotopic (exact) mass is 766 g/mol. The molecule has 2 atom stereocenters. The Kier molecular flexibility index (Phi) is 17.6. The van der Waals surface area contributed by atoms with E-state index < -0.39 is 11.8 Å². The second kappa shape index (κ2) is 21.6. The Morgan fingerprint density at radius 2 is 1.48 bits per heavy atom. The highest BCUT2D eigenvalue weighted by atomic mass is 32.2. The minimum atomic E-state index is -2.59. The predicted octanol–water partition coefficient (Wildman–Crippen LogP) is 5.20. The van der Waals surface area contributed by atoms with E-state index in [9.17, 15) is 27.2 Å². The quantitative estimate of drug-likeness (QED) is 0.0699. The number of nitrogens with zero attached hydrogens (tertiary/aromatic N) is 8. The molecule has 0 bridgehead atoms. The molecule has 1 saturated carbocycles. The largest absolute Gasteiger partial charge is 0.344 e. The van der Waals surface area contributed by atoms with E-state index in [0.717, 1.165) is 40.8 Å². The number of aliphatic imine (C=N–C) groups is 1. The van der Waals surface area contributed by atoms with Crippen molar-refractivity contribution in [1.29, 1.82) is 0 Å². The number of aromatic nitrogens is 2.